The maximum absolute atomic E-state index is 12.3. The van der Waals surface area contributed by atoms with Crippen LogP contribution in [-0.4, -0.2) is 37.0 Å². The Morgan fingerprint density at radius 3 is 2.55 bits per heavy atom. The van der Waals surface area contributed by atoms with Crippen LogP contribution in [0.3, 0.4) is 0 Å². The lowest BCUT2D eigenvalue weighted by molar-refractivity contribution is -0.146. The number of ether oxygens (including phenoxy) is 1. The minimum absolute atomic E-state index is 0.0989. The number of likely N-dealkylation sites (N-methyl/N-ethyl adjacent to an activating group) is 1. The summed E-state index contributed by atoms with van der Waals surface area (Å²) in [7, 11) is 1.36. The highest BCUT2D eigenvalue weighted by atomic mass is 16.5. The summed E-state index contributed by atoms with van der Waals surface area (Å²) in [5.74, 6) is -0.730. The lowest BCUT2D eigenvalue weighted by Gasteiger charge is -2.22. The Labute approximate surface area is 132 Å². The largest absolute Gasteiger partial charge is 0.469 e. The number of benzene rings is 1. The number of aryl methyl sites for hydroxylation is 2. The van der Waals surface area contributed by atoms with E-state index in [1.807, 2.05) is 39.0 Å². The fourth-order valence-corrected chi connectivity index (χ4v) is 2.26. The lowest BCUT2D eigenvalue weighted by Crippen LogP contribution is -2.36. The molecule has 0 heterocycles. The summed E-state index contributed by atoms with van der Waals surface area (Å²) in [6.45, 7) is 8.63. The first-order valence-electron chi connectivity index (χ1n) is 7.51. The van der Waals surface area contributed by atoms with Crippen LogP contribution in [0.4, 0.5) is 0 Å². The average Bonchev–Trinajstić information content (AvgIpc) is 2.50. The first kappa shape index (κ1) is 18.0. The molecule has 1 atom stereocenters. The van der Waals surface area contributed by atoms with Gasteiger partial charge in [-0.1, -0.05) is 30.7 Å². The van der Waals surface area contributed by atoms with Crippen molar-refractivity contribution in [1.29, 1.82) is 0 Å². The standard InChI is InChI=1S/C18H25NO3/c1-6-19(12-15(4)18(21)22-5)17(20)10-9-16-8-7-13(2)11-14(16)3/h7-11,15H,6,12H2,1-5H3/b10-9+. The summed E-state index contributed by atoms with van der Waals surface area (Å²) in [4.78, 5) is 25.4. The quantitative estimate of drug-likeness (QED) is 0.599. The van der Waals surface area contributed by atoms with E-state index < -0.39 is 0 Å². The predicted octanol–water partition coefficient (Wildman–Crippen LogP) is 2.97. The minimum Gasteiger partial charge on any atom is -0.469 e. The van der Waals surface area contributed by atoms with E-state index in [0.717, 1.165) is 11.1 Å². The number of rotatable bonds is 6. The molecule has 1 aromatic carbocycles. The van der Waals surface area contributed by atoms with Crippen LogP contribution < -0.4 is 0 Å². The van der Waals surface area contributed by atoms with Gasteiger partial charge in [-0.3, -0.25) is 9.59 Å². The van der Waals surface area contributed by atoms with Gasteiger partial charge in [0.15, 0.2) is 0 Å². The molecule has 0 aromatic heterocycles. The number of hydrogen-bond acceptors (Lipinski definition) is 3. The number of esters is 1. The second-order valence-corrected chi connectivity index (χ2v) is 5.49. The Morgan fingerprint density at radius 1 is 1.32 bits per heavy atom. The zero-order valence-corrected chi connectivity index (χ0v) is 14.1. The zero-order valence-electron chi connectivity index (χ0n) is 14.1. The molecule has 4 nitrogen and oxygen atoms in total. The molecule has 0 N–H and O–H groups in total. The zero-order chi connectivity index (χ0) is 16.7. The summed E-state index contributed by atoms with van der Waals surface area (Å²) in [5, 5.41) is 0. The van der Waals surface area contributed by atoms with E-state index in [-0.39, 0.29) is 17.8 Å². The molecule has 0 spiro atoms. The van der Waals surface area contributed by atoms with Gasteiger partial charge in [0.1, 0.15) is 0 Å². The maximum atomic E-state index is 12.3. The van der Waals surface area contributed by atoms with Crippen LogP contribution in [0.1, 0.15) is 30.5 Å². The fraction of sp³-hybridized carbons (Fsp3) is 0.444. The molecule has 4 heteroatoms. The smallest absolute Gasteiger partial charge is 0.310 e. The highest BCUT2D eigenvalue weighted by molar-refractivity contribution is 5.92. The van der Waals surface area contributed by atoms with Gasteiger partial charge in [-0.15, -0.1) is 0 Å². The second-order valence-electron chi connectivity index (χ2n) is 5.49. The Bertz CT molecular complexity index is 563. The van der Waals surface area contributed by atoms with E-state index >= 15 is 0 Å². The van der Waals surface area contributed by atoms with Crippen LogP contribution in [0.25, 0.3) is 6.08 Å². The fourth-order valence-electron chi connectivity index (χ4n) is 2.26. The molecule has 1 amide bonds. The monoisotopic (exact) mass is 303 g/mol. The summed E-state index contributed by atoms with van der Waals surface area (Å²) in [5.41, 5.74) is 3.36. The van der Waals surface area contributed by atoms with Crippen LogP contribution in [-0.2, 0) is 14.3 Å². The highest BCUT2D eigenvalue weighted by Gasteiger charge is 2.19. The second kappa shape index (κ2) is 8.37. The Kier molecular flexibility index (Phi) is 6.83. The summed E-state index contributed by atoms with van der Waals surface area (Å²) < 4.78 is 4.70. The van der Waals surface area contributed by atoms with Gasteiger partial charge >= 0.3 is 5.97 Å². The molecule has 1 unspecified atom stereocenters. The molecule has 0 saturated carbocycles. The van der Waals surface area contributed by atoms with Crippen LogP contribution in [0.15, 0.2) is 24.3 Å². The van der Waals surface area contributed by atoms with E-state index in [1.54, 1.807) is 17.9 Å². The summed E-state index contributed by atoms with van der Waals surface area (Å²) in [6.07, 6.45) is 3.38. The molecule has 0 bridgehead atoms. The van der Waals surface area contributed by atoms with Crippen LogP contribution in [0, 0.1) is 19.8 Å². The molecule has 0 fully saturated rings. The van der Waals surface area contributed by atoms with E-state index in [9.17, 15) is 9.59 Å². The Hall–Kier alpha value is -2.10. The van der Waals surface area contributed by atoms with Crippen molar-refractivity contribution in [3.05, 3.63) is 41.0 Å². The van der Waals surface area contributed by atoms with E-state index in [1.165, 1.54) is 12.7 Å². The molecule has 0 aliphatic heterocycles. The van der Waals surface area contributed by atoms with Crippen molar-refractivity contribution in [2.45, 2.75) is 27.7 Å². The average molecular weight is 303 g/mol. The first-order valence-corrected chi connectivity index (χ1v) is 7.51. The Morgan fingerprint density at radius 2 is 2.00 bits per heavy atom. The van der Waals surface area contributed by atoms with Crippen molar-refractivity contribution >= 4 is 18.0 Å². The van der Waals surface area contributed by atoms with Crippen molar-refractivity contribution in [3.8, 4) is 0 Å². The molecule has 0 aliphatic carbocycles. The number of hydrogen-bond donors (Lipinski definition) is 0. The highest BCUT2D eigenvalue weighted by Crippen LogP contribution is 2.12. The lowest BCUT2D eigenvalue weighted by atomic mass is 10.1. The number of carbonyl (C=O) groups excluding carboxylic acids is 2. The van der Waals surface area contributed by atoms with Gasteiger partial charge in [0, 0.05) is 19.2 Å². The third kappa shape index (κ3) is 5.02. The predicted molar refractivity (Wildman–Crippen MR) is 88.4 cm³/mol. The molecule has 0 saturated heterocycles. The third-order valence-corrected chi connectivity index (χ3v) is 3.62. The maximum Gasteiger partial charge on any atom is 0.310 e. The summed E-state index contributed by atoms with van der Waals surface area (Å²) >= 11 is 0. The van der Waals surface area contributed by atoms with Gasteiger partial charge in [-0.05, 0) is 38.0 Å². The molecule has 22 heavy (non-hydrogen) atoms. The van der Waals surface area contributed by atoms with Gasteiger partial charge < -0.3 is 9.64 Å². The molecular formula is C18H25NO3. The molecule has 0 radical (unpaired) electrons. The van der Waals surface area contributed by atoms with Crippen molar-refractivity contribution in [3.63, 3.8) is 0 Å². The van der Waals surface area contributed by atoms with Crippen LogP contribution in [0.2, 0.25) is 0 Å². The van der Waals surface area contributed by atoms with Gasteiger partial charge in [-0.25, -0.2) is 0 Å². The molecule has 1 aromatic rings. The van der Waals surface area contributed by atoms with Crippen molar-refractivity contribution in [2.75, 3.05) is 20.2 Å². The Balaban J connectivity index is 2.76. The van der Waals surface area contributed by atoms with Crippen molar-refractivity contribution in [1.82, 2.24) is 4.90 Å². The normalized spacial score (nSPS) is 12.2. The number of carbonyl (C=O) groups is 2. The number of nitrogens with zero attached hydrogens (tertiary/aromatic N) is 1. The van der Waals surface area contributed by atoms with Crippen LogP contribution >= 0.6 is 0 Å². The number of methoxy groups -OCH3 is 1. The summed E-state index contributed by atoms with van der Waals surface area (Å²) in [6, 6.07) is 6.11. The van der Waals surface area contributed by atoms with E-state index in [0.29, 0.717) is 13.1 Å². The molecule has 0 aliphatic rings. The third-order valence-electron chi connectivity index (χ3n) is 3.62. The topological polar surface area (TPSA) is 46.6 Å². The van der Waals surface area contributed by atoms with Gasteiger partial charge in [0.25, 0.3) is 0 Å². The van der Waals surface area contributed by atoms with Gasteiger partial charge in [0.05, 0.1) is 13.0 Å². The van der Waals surface area contributed by atoms with Crippen molar-refractivity contribution in [2.24, 2.45) is 5.92 Å². The van der Waals surface area contributed by atoms with E-state index in [4.69, 9.17) is 4.74 Å². The van der Waals surface area contributed by atoms with Gasteiger partial charge in [0.2, 0.25) is 5.91 Å². The van der Waals surface area contributed by atoms with E-state index in [2.05, 4.69) is 6.07 Å². The van der Waals surface area contributed by atoms with Crippen LogP contribution in [0.5, 0.6) is 0 Å². The minimum atomic E-state index is -0.330. The first-order chi connectivity index (χ1) is 10.4. The van der Waals surface area contributed by atoms with Crippen molar-refractivity contribution < 1.29 is 14.3 Å². The van der Waals surface area contributed by atoms with Gasteiger partial charge in [-0.2, -0.15) is 0 Å². The molecule has 1 rings (SSSR count). The SMILES string of the molecule is CCN(CC(C)C(=O)OC)C(=O)/C=C/c1ccc(C)cc1C. The number of amides is 1. The molecule has 120 valence electrons. The molecular weight excluding hydrogens is 278 g/mol.